The molecule has 0 aliphatic carbocycles. The Morgan fingerprint density at radius 3 is 1.89 bits per heavy atom. The number of benzene rings is 3. The van der Waals surface area contributed by atoms with Gasteiger partial charge < -0.3 is 23.9 Å². The second-order valence-electron chi connectivity index (χ2n) is 7.94. The second-order valence-corrected chi connectivity index (χ2v) is 7.94. The first-order valence-electron chi connectivity index (χ1n) is 11.0. The standard InChI is InChI=1S/C28H25NO6/c1-29(17-22-13-8-14-33-22)27(30)23-15-24(28(31)32)26(35-19-21-11-6-3-7-12-21)16-25(23)34-18-20-9-4-2-5-10-20/h2-16H,17-19H2,1H3,(H,31,32). The molecule has 0 aliphatic rings. The van der Waals surface area contributed by atoms with Crippen molar-refractivity contribution >= 4 is 11.9 Å². The van der Waals surface area contributed by atoms with Gasteiger partial charge in [0.05, 0.1) is 18.4 Å². The van der Waals surface area contributed by atoms with Crippen LogP contribution in [0.5, 0.6) is 11.5 Å². The Morgan fingerprint density at radius 1 is 0.800 bits per heavy atom. The van der Waals surface area contributed by atoms with Gasteiger partial charge in [0.25, 0.3) is 5.91 Å². The lowest BCUT2D eigenvalue weighted by atomic mass is 10.1. The number of carboxylic acid groups (broad SMARTS) is 1. The maximum Gasteiger partial charge on any atom is 0.339 e. The smallest absolute Gasteiger partial charge is 0.339 e. The predicted molar refractivity (Wildman–Crippen MR) is 129 cm³/mol. The van der Waals surface area contributed by atoms with Crippen LogP contribution in [-0.2, 0) is 19.8 Å². The molecular formula is C28H25NO6. The fraction of sp³-hybridized carbons (Fsp3) is 0.143. The van der Waals surface area contributed by atoms with Crippen molar-refractivity contribution in [1.29, 1.82) is 0 Å². The molecule has 0 unspecified atom stereocenters. The van der Waals surface area contributed by atoms with Crippen molar-refractivity contribution in [2.45, 2.75) is 19.8 Å². The number of aromatic carboxylic acids is 1. The van der Waals surface area contributed by atoms with Crippen LogP contribution in [0, 0.1) is 0 Å². The number of carbonyl (C=O) groups excluding carboxylic acids is 1. The average Bonchev–Trinajstić information content (AvgIpc) is 3.39. The summed E-state index contributed by atoms with van der Waals surface area (Å²) in [6, 6.07) is 25.2. The molecule has 1 N–H and O–H groups in total. The molecule has 0 saturated heterocycles. The van der Waals surface area contributed by atoms with E-state index in [-0.39, 0.29) is 42.4 Å². The summed E-state index contributed by atoms with van der Waals surface area (Å²) < 4.78 is 17.2. The zero-order chi connectivity index (χ0) is 24.6. The van der Waals surface area contributed by atoms with Crippen molar-refractivity contribution < 1.29 is 28.6 Å². The number of hydrogen-bond donors (Lipinski definition) is 1. The molecule has 0 fully saturated rings. The van der Waals surface area contributed by atoms with E-state index in [0.717, 1.165) is 11.1 Å². The van der Waals surface area contributed by atoms with Crippen molar-refractivity contribution in [1.82, 2.24) is 4.90 Å². The van der Waals surface area contributed by atoms with Crippen molar-refractivity contribution in [2.75, 3.05) is 7.05 Å². The third kappa shape index (κ3) is 6.09. The minimum Gasteiger partial charge on any atom is -0.488 e. The Labute approximate surface area is 203 Å². The number of carbonyl (C=O) groups is 2. The number of furan rings is 1. The van der Waals surface area contributed by atoms with Gasteiger partial charge in [-0.15, -0.1) is 0 Å². The number of amides is 1. The Balaban J connectivity index is 1.66. The summed E-state index contributed by atoms with van der Waals surface area (Å²) in [7, 11) is 1.62. The molecule has 0 radical (unpaired) electrons. The quantitative estimate of drug-likeness (QED) is 0.333. The fourth-order valence-corrected chi connectivity index (χ4v) is 3.52. The maximum absolute atomic E-state index is 13.3. The third-order valence-corrected chi connectivity index (χ3v) is 5.34. The largest absolute Gasteiger partial charge is 0.488 e. The lowest BCUT2D eigenvalue weighted by Crippen LogP contribution is -2.27. The van der Waals surface area contributed by atoms with Gasteiger partial charge in [-0.2, -0.15) is 0 Å². The average molecular weight is 472 g/mol. The summed E-state index contributed by atoms with van der Waals surface area (Å²) in [6.07, 6.45) is 1.53. The van der Waals surface area contributed by atoms with E-state index in [4.69, 9.17) is 13.9 Å². The molecule has 0 bridgehead atoms. The Morgan fingerprint density at radius 2 is 1.37 bits per heavy atom. The van der Waals surface area contributed by atoms with Gasteiger partial charge in [-0.05, 0) is 29.3 Å². The summed E-state index contributed by atoms with van der Waals surface area (Å²) in [5.74, 6) is -0.645. The number of hydrogen-bond acceptors (Lipinski definition) is 5. The SMILES string of the molecule is CN(Cc1ccco1)C(=O)c1cc(C(=O)O)c(OCc2ccccc2)cc1OCc1ccccc1. The van der Waals surface area contributed by atoms with E-state index in [1.54, 1.807) is 19.2 Å². The molecule has 3 aromatic carbocycles. The summed E-state index contributed by atoms with van der Waals surface area (Å²) in [5.41, 5.74) is 1.79. The van der Waals surface area contributed by atoms with Crippen LogP contribution in [0.25, 0.3) is 0 Å². The molecule has 0 saturated carbocycles. The minimum absolute atomic E-state index is 0.120. The fourth-order valence-electron chi connectivity index (χ4n) is 3.52. The highest BCUT2D eigenvalue weighted by atomic mass is 16.5. The summed E-state index contributed by atoms with van der Waals surface area (Å²) >= 11 is 0. The number of nitrogens with zero attached hydrogens (tertiary/aromatic N) is 1. The first-order chi connectivity index (χ1) is 17.0. The van der Waals surface area contributed by atoms with E-state index in [1.165, 1.54) is 23.3 Å². The molecule has 4 aromatic rings. The monoisotopic (exact) mass is 471 g/mol. The van der Waals surface area contributed by atoms with Gasteiger partial charge in [-0.25, -0.2) is 4.79 Å². The number of ether oxygens (including phenoxy) is 2. The molecule has 35 heavy (non-hydrogen) atoms. The highest BCUT2D eigenvalue weighted by Crippen LogP contribution is 2.32. The van der Waals surface area contributed by atoms with E-state index in [0.29, 0.717) is 5.76 Å². The Hall–Kier alpha value is -4.52. The summed E-state index contributed by atoms with van der Waals surface area (Å²) in [4.78, 5) is 26.8. The number of rotatable bonds is 10. The van der Waals surface area contributed by atoms with Crippen molar-refractivity contribution in [2.24, 2.45) is 0 Å². The minimum atomic E-state index is -1.20. The Bertz CT molecular complexity index is 1270. The molecule has 0 spiro atoms. The van der Waals surface area contributed by atoms with Gasteiger partial charge in [-0.1, -0.05) is 60.7 Å². The molecule has 1 amide bonds. The van der Waals surface area contributed by atoms with Crippen molar-refractivity contribution in [3.63, 3.8) is 0 Å². The van der Waals surface area contributed by atoms with Gasteiger partial charge in [0.15, 0.2) is 0 Å². The van der Waals surface area contributed by atoms with Crippen LogP contribution in [0.1, 0.15) is 37.6 Å². The van der Waals surface area contributed by atoms with Crippen LogP contribution in [0.2, 0.25) is 0 Å². The molecular weight excluding hydrogens is 446 g/mol. The third-order valence-electron chi connectivity index (χ3n) is 5.34. The normalized spacial score (nSPS) is 10.5. The van der Waals surface area contributed by atoms with Crippen molar-refractivity contribution in [3.8, 4) is 11.5 Å². The van der Waals surface area contributed by atoms with Crippen LogP contribution in [0.4, 0.5) is 0 Å². The van der Waals surface area contributed by atoms with Crippen LogP contribution in [0.15, 0.2) is 95.6 Å². The lowest BCUT2D eigenvalue weighted by molar-refractivity contribution is 0.0691. The van der Waals surface area contributed by atoms with Crippen LogP contribution in [-0.4, -0.2) is 28.9 Å². The Kier molecular flexibility index (Phi) is 7.47. The molecule has 0 aliphatic heterocycles. The van der Waals surface area contributed by atoms with E-state index in [1.807, 2.05) is 60.7 Å². The van der Waals surface area contributed by atoms with Crippen LogP contribution >= 0.6 is 0 Å². The lowest BCUT2D eigenvalue weighted by Gasteiger charge is -2.20. The van der Waals surface area contributed by atoms with Crippen LogP contribution in [0.3, 0.4) is 0 Å². The van der Waals surface area contributed by atoms with Crippen LogP contribution < -0.4 is 9.47 Å². The zero-order valence-corrected chi connectivity index (χ0v) is 19.2. The van der Waals surface area contributed by atoms with E-state index >= 15 is 0 Å². The second kappa shape index (κ2) is 11.1. The molecule has 0 atom stereocenters. The van der Waals surface area contributed by atoms with E-state index in [2.05, 4.69) is 0 Å². The molecule has 178 valence electrons. The first kappa shape index (κ1) is 23.6. The zero-order valence-electron chi connectivity index (χ0n) is 19.2. The molecule has 1 heterocycles. The summed E-state index contributed by atoms with van der Waals surface area (Å²) in [6.45, 7) is 0.594. The highest BCUT2D eigenvalue weighted by molar-refractivity contribution is 6.01. The highest BCUT2D eigenvalue weighted by Gasteiger charge is 2.24. The van der Waals surface area contributed by atoms with E-state index < -0.39 is 11.9 Å². The first-order valence-corrected chi connectivity index (χ1v) is 11.0. The number of carboxylic acids is 1. The molecule has 7 heteroatoms. The molecule has 4 rings (SSSR count). The van der Waals surface area contributed by atoms with Gasteiger partial charge in [0, 0.05) is 13.1 Å². The predicted octanol–water partition coefficient (Wildman–Crippen LogP) is 5.41. The van der Waals surface area contributed by atoms with Gasteiger partial charge in [0.1, 0.15) is 36.0 Å². The topological polar surface area (TPSA) is 89.2 Å². The molecule has 7 nitrogen and oxygen atoms in total. The van der Waals surface area contributed by atoms with Gasteiger partial charge >= 0.3 is 5.97 Å². The summed E-state index contributed by atoms with van der Waals surface area (Å²) in [5, 5.41) is 9.85. The van der Waals surface area contributed by atoms with Crippen molar-refractivity contribution in [3.05, 3.63) is 119 Å². The maximum atomic E-state index is 13.3. The van der Waals surface area contributed by atoms with Gasteiger partial charge in [0.2, 0.25) is 0 Å². The molecule has 1 aromatic heterocycles. The van der Waals surface area contributed by atoms with Gasteiger partial charge in [-0.3, -0.25) is 4.79 Å². The van der Waals surface area contributed by atoms with E-state index in [9.17, 15) is 14.7 Å².